The Kier molecular flexibility index (Phi) is 7.41. The zero-order chi connectivity index (χ0) is 11.0. The number of Topliss-reactive ketones (excluding diaryl/α,β-unsaturated/α-hetero) is 1. The zero-order valence-electron chi connectivity index (χ0n) is 7.86. The third kappa shape index (κ3) is 6.85. The van der Waals surface area contributed by atoms with Crippen LogP contribution in [0.2, 0.25) is 0 Å². The molecule has 0 spiro atoms. The molecule has 1 unspecified atom stereocenters. The van der Waals surface area contributed by atoms with Crippen LogP contribution in [0.3, 0.4) is 0 Å². The van der Waals surface area contributed by atoms with Gasteiger partial charge in [-0.05, 0) is 19.8 Å². The molecule has 14 heavy (non-hydrogen) atoms. The maximum atomic E-state index is 12.3. The van der Waals surface area contributed by atoms with Crippen molar-refractivity contribution in [1.82, 2.24) is 0 Å². The van der Waals surface area contributed by atoms with E-state index in [-0.39, 0.29) is 24.4 Å². The minimum absolute atomic E-state index is 0.0746. The van der Waals surface area contributed by atoms with E-state index in [0.29, 0.717) is 19.3 Å². The average Bonchev–Trinajstić information content (AvgIpc) is 2.15. The second-order valence-corrected chi connectivity index (χ2v) is 3.37. The third-order valence-corrected chi connectivity index (χ3v) is 1.82. The van der Waals surface area contributed by atoms with Crippen LogP contribution >= 0.6 is 12.0 Å². The van der Waals surface area contributed by atoms with Gasteiger partial charge in [0.05, 0.1) is 6.61 Å². The highest BCUT2D eigenvalue weighted by molar-refractivity contribution is 7.94. The first-order chi connectivity index (χ1) is 6.57. The molecule has 0 aliphatic rings. The Morgan fingerprint density at radius 2 is 2.14 bits per heavy atom. The maximum absolute atomic E-state index is 12.3. The first-order valence-corrected chi connectivity index (χ1v) is 5.02. The van der Waals surface area contributed by atoms with Crippen molar-refractivity contribution >= 4 is 23.8 Å². The Morgan fingerprint density at radius 3 is 2.64 bits per heavy atom. The third-order valence-electron chi connectivity index (χ3n) is 1.45. The molecule has 82 valence electrons. The summed E-state index contributed by atoms with van der Waals surface area (Å²) in [7, 11) is 0. The molecule has 0 aromatic carbocycles. The van der Waals surface area contributed by atoms with Gasteiger partial charge in [0, 0.05) is 18.5 Å². The van der Waals surface area contributed by atoms with Gasteiger partial charge in [0.2, 0.25) is 0 Å². The van der Waals surface area contributed by atoms with Gasteiger partial charge in [-0.3, -0.25) is 0 Å². The molecule has 0 saturated carbocycles. The fourth-order valence-corrected chi connectivity index (χ4v) is 0.911. The molecular formula is C8H13FO4S. The van der Waals surface area contributed by atoms with Gasteiger partial charge >= 0.3 is 5.97 Å². The number of unbranched alkanes of at least 4 members (excludes halogenated alkanes) is 1. The van der Waals surface area contributed by atoms with E-state index in [1.165, 1.54) is 6.92 Å². The minimum atomic E-state index is -2.04. The summed E-state index contributed by atoms with van der Waals surface area (Å²) >= 11 is -0.194. The van der Waals surface area contributed by atoms with Gasteiger partial charge in [0.25, 0.3) is 5.50 Å². The van der Waals surface area contributed by atoms with Crippen LogP contribution in [-0.2, 0) is 14.3 Å². The van der Waals surface area contributed by atoms with E-state index in [0.717, 1.165) is 0 Å². The highest BCUT2D eigenvalue weighted by Gasteiger charge is 2.18. The smallest absolute Gasteiger partial charge is 0.353 e. The number of ether oxygens (including phenoxy) is 1. The first kappa shape index (κ1) is 13.4. The van der Waals surface area contributed by atoms with Crippen molar-refractivity contribution in [2.24, 2.45) is 0 Å². The first-order valence-electron chi connectivity index (χ1n) is 4.18. The summed E-state index contributed by atoms with van der Waals surface area (Å²) in [6, 6.07) is 0. The number of rotatable bonds is 7. The topological polar surface area (TPSA) is 63.6 Å². The van der Waals surface area contributed by atoms with E-state index in [9.17, 15) is 14.0 Å². The Balaban J connectivity index is 3.36. The number of ketones is 1. The van der Waals surface area contributed by atoms with Crippen molar-refractivity contribution in [3.8, 4) is 0 Å². The van der Waals surface area contributed by atoms with E-state index in [4.69, 9.17) is 4.55 Å². The number of carbonyl (C=O) groups is 2. The van der Waals surface area contributed by atoms with Crippen molar-refractivity contribution in [2.45, 2.75) is 31.7 Å². The Bertz CT molecular complexity index is 198. The lowest BCUT2D eigenvalue weighted by Gasteiger charge is -2.04. The van der Waals surface area contributed by atoms with Crippen molar-refractivity contribution in [3.63, 3.8) is 0 Å². The standard InChI is InChI=1S/C8H13FO4S/c1-6(10)4-2-3-5-13-8(11)7(9)14-12/h7,12H,2-5H2,1H3. The number of hydrogen-bond donors (Lipinski definition) is 1. The van der Waals surface area contributed by atoms with Gasteiger partial charge in [-0.25, -0.2) is 9.18 Å². The van der Waals surface area contributed by atoms with Gasteiger partial charge < -0.3 is 14.1 Å². The number of halogens is 1. The Morgan fingerprint density at radius 1 is 1.50 bits per heavy atom. The second kappa shape index (κ2) is 7.75. The van der Waals surface area contributed by atoms with E-state index >= 15 is 0 Å². The molecule has 0 aromatic heterocycles. The predicted octanol–water partition coefficient (Wildman–Crippen LogP) is 1.79. The van der Waals surface area contributed by atoms with E-state index in [1.807, 2.05) is 0 Å². The largest absolute Gasteiger partial charge is 0.463 e. The SMILES string of the molecule is CC(=O)CCCCOC(=O)C(F)SO. The minimum Gasteiger partial charge on any atom is -0.463 e. The predicted molar refractivity (Wildman–Crippen MR) is 50.6 cm³/mol. The van der Waals surface area contributed by atoms with Crippen LogP contribution in [0.15, 0.2) is 0 Å². The van der Waals surface area contributed by atoms with Crippen molar-refractivity contribution in [3.05, 3.63) is 0 Å². The van der Waals surface area contributed by atoms with Crippen LogP contribution in [0, 0.1) is 0 Å². The number of hydrogen-bond acceptors (Lipinski definition) is 5. The fraction of sp³-hybridized carbons (Fsp3) is 0.750. The molecule has 0 aliphatic carbocycles. The van der Waals surface area contributed by atoms with Gasteiger partial charge in [-0.2, -0.15) is 0 Å². The van der Waals surface area contributed by atoms with E-state index < -0.39 is 11.5 Å². The summed E-state index contributed by atoms with van der Waals surface area (Å²) in [5.41, 5.74) is -2.04. The molecular weight excluding hydrogens is 211 g/mol. The molecule has 0 aliphatic heterocycles. The number of alkyl halides is 1. The van der Waals surface area contributed by atoms with E-state index in [1.54, 1.807) is 0 Å². The van der Waals surface area contributed by atoms with Crippen molar-refractivity contribution < 1.29 is 23.3 Å². The molecule has 1 atom stereocenters. The molecule has 0 heterocycles. The number of carbonyl (C=O) groups excluding carboxylic acids is 2. The quantitative estimate of drug-likeness (QED) is 0.406. The molecule has 0 aromatic rings. The molecule has 0 saturated heterocycles. The van der Waals surface area contributed by atoms with Crippen LogP contribution in [0.4, 0.5) is 4.39 Å². The molecule has 1 N–H and O–H groups in total. The van der Waals surface area contributed by atoms with Gasteiger partial charge in [-0.15, -0.1) is 0 Å². The molecule has 0 amide bonds. The van der Waals surface area contributed by atoms with E-state index in [2.05, 4.69) is 4.74 Å². The van der Waals surface area contributed by atoms with Crippen LogP contribution < -0.4 is 0 Å². The second-order valence-electron chi connectivity index (χ2n) is 2.75. The molecule has 0 fully saturated rings. The van der Waals surface area contributed by atoms with Crippen molar-refractivity contribution in [1.29, 1.82) is 0 Å². The average molecular weight is 224 g/mol. The molecule has 6 heteroatoms. The van der Waals surface area contributed by atoms with Crippen LogP contribution in [0.5, 0.6) is 0 Å². The summed E-state index contributed by atoms with van der Waals surface area (Å²) in [6.07, 6.45) is 1.57. The molecule has 0 radical (unpaired) electrons. The summed E-state index contributed by atoms with van der Waals surface area (Å²) in [5, 5.41) is 0. The highest BCUT2D eigenvalue weighted by atomic mass is 32.2. The summed E-state index contributed by atoms with van der Waals surface area (Å²) in [6.45, 7) is 1.55. The Labute approximate surface area is 86.0 Å². The Hall–Kier alpha value is -0.620. The number of esters is 1. The summed E-state index contributed by atoms with van der Waals surface area (Å²) < 4.78 is 25.0. The lowest BCUT2D eigenvalue weighted by Crippen LogP contribution is -2.16. The lowest BCUT2D eigenvalue weighted by atomic mass is 10.2. The van der Waals surface area contributed by atoms with Crippen LogP contribution in [0.1, 0.15) is 26.2 Å². The van der Waals surface area contributed by atoms with Crippen LogP contribution in [-0.4, -0.2) is 28.4 Å². The van der Waals surface area contributed by atoms with Crippen molar-refractivity contribution in [2.75, 3.05) is 6.61 Å². The van der Waals surface area contributed by atoms with Gasteiger partial charge in [0.1, 0.15) is 5.78 Å². The lowest BCUT2D eigenvalue weighted by molar-refractivity contribution is -0.146. The monoisotopic (exact) mass is 224 g/mol. The fourth-order valence-electron chi connectivity index (χ4n) is 0.757. The highest BCUT2D eigenvalue weighted by Crippen LogP contribution is 2.09. The summed E-state index contributed by atoms with van der Waals surface area (Å²) in [5.74, 6) is -1.01. The summed E-state index contributed by atoms with van der Waals surface area (Å²) in [4.78, 5) is 21.1. The molecule has 4 nitrogen and oxygen atoms in total. The zero-order valence-corrected chi connectivity index (χ0v) is 8.68. The van der Waals surface area contributed by atoms with Gasteiger partial charge in [-0.1, -0.05) is 0 Å². The van der Waals surface area contributed by atoms with Crippen LogP contribution in [0.25, 0.3) is 0 Å². The normalized spacial score (nSPS) is 12.2. The van der Waals surface area contributed by atoms with Gasteiger partial charge in [0.15, 0.2) is 0 Å². The molecule has 0 bridgehead atoms. The maximum Gasteiger partial charge on any atom is 0.353 e. The molecule has 0 rings (SSSR count).